The minimum Gasteiger partial charge on any atom is -0.508 e. The summed E-state index contributed by atoms with van der Waals surface area (Å²) < 4.78 is 118. The monoisotopic (exact) mass is 702 g/mol. The zero-order valence-electron chi connectivity index (χ0n) is 27.2. The number of carboxylic acids is 1. The molecule has 2 fully saturated rings. The average molecular weight is 703 g/mol. The van der Waals surface area contributed by atoms with E-state index < -0.39 is 55.1 Å². The minimum atomic E-state index is -6.94. The van der Waals surface area contributed by atoms with E-state index in [4.69, 9.17) is 0 Å². The maximum absolute atomic E-state index is 13.8. The topological polar surface area (TPSA) is 77.8 Å². The molecule has 0 bridgehead atoms. The van der Waals surface area contributed by atoms with Crippen LogP contribution in [0, 0.1) is 29.1 Å². The molecule has 0 amide bonds. The van der Waals surface area contributed by atoms with E-state index in [1.165, 1.54) is 11.1 Å². The van der Waals surface area contributed by atoms with Crippen molar-refractivity contribution in [3.63, 3.8) is 0 Å². The maximum Gasteiger partial charge on any atom is 0.460 e. The Hall–Kier alpha value is -2.18. The summed E-state index contributed by atoms with van der Waals surface area (Å²) in [6.07, 6.45) is -0.270. The van der Waals surface area contributed by atoms with Gasteiger partial charge in [0.2, 0.25) is 0 Å². The largest absolute Gasteiger partial charge is 0.508 e. The smallest absolute Gasteiger partial charge is 0.460 e. The fourth-order valence-electron chi connectivity index (χ4n) is 9.06. The number of hydrogen-bond donors (Lipinski definition) is 3. The Bertz CT molecular complexity index is 1250. The summed E-state index contributed by atoms with van der Waals surface area (Å²) in [6.45, 7) is 2.23. The fourth-order valence-corrected chi connectivity index (χ4v) is 9.06. The van der Waals surface area contributed by atoms with Crippen LogP contribution in [0.4, 0.5) is 39.5 Å². The Kier molecular flexibility index (Phi) is 11.7. The van der Waals surface area contributed by atoms with E-state index in [-0.39, 0.29) is 23.7 Å². The second-order valence-corrected chi connectivity index (χ2v) is 14.8. The summed E-state index contributed by atoms with van der Waals surface area (Å²) in [5, 5.41) is 30.4. The molecule has 0 spiro atoms. The molecule has 7 atom stereocenters. The zero-order chi connectivity index (χ0) is 35.7. The van der Waals surface area contributed by atoms with Gasteiger partial charge >= 0.3 is 29.9 Å². The van der Waals surface area contributed by atoms with Crippen molar-refractivity contribution in [1.82, 2.24) is 0 Å². The molecule has 0 saturated heterocycles. The Morgan fingerprint density at radius 1 is 0.875 bits per heavy atom. The summed E-state index contributed by atoms with van der Waals surface area (Å²) in [4.78, 5) is 11.6. The molecular weight excluding hydrogens is 655 g/mol. The van der Waals surface area contributed by atoms with Crippen molar-refractivity contribution < 1.29 is 59.6 Å². The van der Waals surface area contributed by atoms with E-state index >= 15 is 0 Å². The first-order valence-corrected chi connectivity index (χ1v) is 17.2. The van der Waals surface area contributed by atoms with E-state index in [0.717, 1.165) is 64.2 Å². The molecule has 3 aliphatic rings. The molecule has 4 nitrogen and oxygen atoms in total. The van der Waals surface area contributed by atoms with E-state index in [1.807, 2.05) is 6.07 Å². The number of benzene rings is 1. The molecule has 3 N–H and O–H groups in total. The SMILES string of the molecule is C[C@]12CC[C@@H]3c4ccc(O)cc4C[C@@H](CCCCCCCCC(CCCC(F)(F)C(F)(F)C(F)(F)C(F)(F)F)C(=O)O)[C@H]3[C@@H]1CC[C@@H]2O. The van der Waals surface area contributed by atoms with Crippen LogP contribution in [0.15, 0.2) is 18.2 Å². The van der Waals surface area contributed by atoms with E-state index in [1.54, 1.807) is 6.07 Å². The molecule has 0 radical (unpaired) electrons. The van der Waals surface area contributed by atoms with Crippen molar-refractivity contribution in [3.05, 3.63) is 29.3 Å². The fraction of sp³-hybridized carbons (Fsp3) is 0.800. The van der Waals surface area contributed by atoms with Gasteiger partial charge in [-0.15, -0.1) is 0 Å². The third kappa shape index (κ3) is 7.60. The summed E-state index contributed by atoms with van der Waals surface area (Å²) in [5.74, 6) is -19.9. The molecule has 274 valence electrons. The number of fused-ring (bicyclic) bond motifs is 5. The van der Waals surface area contributed by atoms with Crippen molar-refractivity contribution in [3.8, 4) is 5.75 Å². The average Bonchev–Trinajstić information content (AvgIpc) is 3.29. The second kappa shape index (κ2) is 14.6. The summed E-state index contributed by atoms with van der Waals surface area (Å²) in [7, 11) is 0. The van der Waals surface area contributed by atoms with Gasteiger partial charge in [-0.2, -0.15) is 39.5 Å². The third-order valence-corrected chi connectivity index (χ3v) is 11.8. The Balaban J connectivity index is 1.20. The second-order valence-electron chi connectivity index (χ2n) is 14.8. The number of carbonyl (C=O) groups is 1. The van der Waals surface area contributed by atoms with Gasteiger partial charge in [0.25, 0.3) is 0 Å². The van der Waals surface area contributed by atoms with Crippen molar-refractivity contribution in [2.45, 2.75) is 146 Å². The zero-order valence-corrected chi connectivity index (χ0v) is 27.2. The van der Waals surface area contributed by atoms with Crippen LogP contribution >= 0.6 is 0 Å². The van der Waals surface area contributed by atoms with Gasteiger partial charge in [-0.25, -0.2) is 0 Å². The molecule has 0 heterocycles. The number of halogens is 9. The normalized spacial score (nSPS) is 28.4. The van der Waals surface area contributed by atoms with Crippen LogP contribution in [0.5, 0.6) is 5.75 Å². The molecule has 4 rings (SSSR count). The van der Waals surface area contributed by atoms with Crippen LogP contribution in [0.3, 0.4) is 0 Å². The van der Waals surface area contributed by atoms with Gasteiger partial charge < -0.3 is 15.3 Å². The van der Waals surface area contributed by atoms with Crippen LogP contribution < -0.4 is 0 Å². The highest BCUT2D eigenvalue weighted by Crippen LogP contribution is 2.63. The van der Waals surface area contributed by atoms with Crippen LogP contribution in [0.1, 0.15) is 120 Å². The first kappa shape index (κ1) is 38.6. The predicted octanol–water partition coefficient (Wildman–Crippen LogP) is 10.3. The quantitative estimate of drug-likeness (QED) is 0.118. The summed E-state index contributed by atoms with van der Waals surface area (Å²) in [6, 6.07) is 5.71. The molecule has 1 unspecified atom stereocenters. The van der Waals surface area contributed by atoms with Crippen LogP contribution in [0.2, 0.25) is 0 Å². The van der Waals surface area contributed by atoms with Crippen LogP contribution in [0.25, 0.3) is 0 Å². The highest BCUT2D eigenvalue weighted by Gasteiger charge is 2.81. The van der Waals surface area contributed by atoms with Crippen molar-refractivity contribution in [1.29, 1.82) is 0 Å². The number of aliphatic hydroxyl groups is 1. The molecule has 2 saturated carbocycles. The lowest BCUT2D eigenvalue weighted by Crippen LogP contribution is -2.60. The van der Waals surface area contributed by atoms with Gasteiger partial charge in [-0.05, 0) is 110 Å². The highest BCUT2D eigenvalue weighted by molar-refractivity contribution is 5.69. The molecule has 1 aromatic carbocycles. The Morgan fingerprint density at radius 2 is 1.50 bits per heavy atom. The highest BCUT2D eigenvalue weighted by atomic mass is 19.4. The van der Waals surface area contributed by atoms with Crippen molar-refractivity contribution >= 4 is 5.97 Å². The number of phenolic OH excluding ortho intramolecular Hbond substituents is 1. The first-order valence-electron chi connectivity index (χ1n) is 17.2. The lowest BCUT2D eigenvalue weighted by Gasteiger charge is -2.53. The van der Waals surface area contributed by atoms with Gasteiger partial charge in [0.1, 0.15) is 5.75 Å². The van der Waals surface area contributed by atoms with Gasteiger partial charge in [-0.1, -0.05) is 51.5 Å². The minimum absolute atomic E-state index is 0.0411. The number of aliphatic hydroxyl groups excluding tert-OH is 1. The number of carboxylic acid groups (broad SMARTS) is 1. The van der Waals surface area contributed by atoms with Crippen LogP contribution in [-0.4, -0.2) is 51.3 Å². The van der Waals surface area contributed by atoms with Crippen LogP contribution in [-0.2, 0) is 11.2 Å². The lowest BCUT2D eigenvalue weighted by atomic mass is 9.52. The maximum atomic E-state index is 13.8. The number of aromatic hydroxyl groups is 1. The molecular formula is C35H47F9O4. The summed E-state index contributed by atoms with van der Waals surface area (Å²) in [5.41, 5.74) is 2.45. The van der Waals surface area contributed by atoms with Gasteiger partial charge in [0.05, 0.1) is 12.0 Å². The van der Waals surface area contributed by atoms with Gasteiger partial charge in [0, 0.05) is 6.42 Å². The molecule has 0 aliphatic heterocycles. The number of unbranched alkanes of at least 4 members (excludes halogenated alkanes) is 5. The number of rotatable bonds is 16. The number of phenols is 1. The molecule has 3 aliphatic carbocycles. The molecule has 0 aromatic heterocycles. The standard InChI is InChI=1S/C35H47F9O4/c1-31-18-16-26-25-13-12-24(45)20-23(25)19-22(29(26)27(31)14-15-28(31)46)10-7-5-3-2-4-6-9-21(30(47)48)11-8-17-32(36,37)33(38,39)34(40,41)35(42,43)44/h12-13,20-22,26-29,45-46H,2-11,14-19H2,1H3,(H,47,48)/t21?,22-,26-,27+,28+,29-,31+/m1/s1. The number of aliphatic carboxylic acids is 1. The Labute approximate surface area is 275 Å². The van der Waals surface area contributed by atoms with Crippen molar-refractivity contribution in [2.75, 3.05) is 0 Å². The molecule has 48 heavy (non-hydrogen) atoms. The predicted molar refractivity (Wildman–Crippen MR) is 160 cm³/mol. The summed E-state index contributed by atoms with van der Waals surface area (Å²) >= 11 is 0. The lowest BCUT2D eigenvalue weighted by molar-refractivity contribution is -0.396. The van der Waals surface area contributed by atoms with E-state index in [0.29, 0.717) is 36.5 Å². The van der Waals surface area contributed by atoms with E-state index in [2.05, 4.69) is 13.0 Å². The number of hydrogen-bond acceptors (Lipinski definition) is 3. The van der Waals surface area contributed by atoms with Gasteiger partial charge in [0.15, 0.2) is 0 Å². The first-order chi connectivity index (χ1) is 22.2. The van der Waals surface area contributed by atoms with Crippen molar-refractivity contribution in [2.24, 2.45) is 29.1 Å². The third-order valence-electron chi connectivity index (χ3n) is 11.8. The molecule has 13 heteroatoms. The Morgan fingerprint density at radius 3 is 2.15 bits per heavy atom. The van der Waals surface area contributed by atoms with Gasteiger partial charge in [-0.3, -0.25) is 4.79 Å². The van der Waals surface area contributed by atoms with E-state index in [9.17, 15) is 59.6 Å². The molecule has 1 aromatic rings. The number of alkyl halides is 9.